The lowest BCUT2D eigenvalue weighted by molar-refractivity contribution is -0.141. The summed E-state index contributed by atoms with van der Waals surface area (Å²) in [5.41, 5.74) is 4.92. The molecule has 148 valence electrons. The monoisotopic (exact) mass is 388 g/mol. The van der Waals surface area contributed by atoms with E-state index in [2.05, 4.69) is 16.4 Å². The van der Waals surface area contributed by atoms with Crippen molar-refractivity contribution in [2.45, 2.75) is 51.2 Å². The summed E-state index contributed by atoms with van der Waals surface area (Å²) in [6, 6.07) is 11.9. The van der Waals surface area contributed by atoms with Gasteiger partial charge in [0.15, 0.2) is 0 Å². The molecule has 0 radical (unpaired) electrons. The molecule has 2 amide bonds. The molecule has 29 heavy (non-hydrogen) atoms. The van der Waals surface area contributed by atoms with E-state index in [1.54, 1.807) is 4.90 Å². The zero-order valence-electron chi connectivity index (χ0n) is 16.5. The molecule has 1 aliphatic carbocycles. The smallest absolute Gasteiger partial charge is 0.243 e. The molecular weight excluding hydrogens is 364 g/mol. The molecule has 0 saturated heterocycles. The first-order chi connectivity index (χ1) is 14.1. The Hall–Kier alpha value is -3.15. The highest BCUT2D eigenvalue weighted by atomic mass is 16.2. The number of rotatable bonds is 4. The lowest BCUT2D eigenvalue weighted by Crippen LogP contribution is -2.53. The summed E-state index contributed by atoms with van der Waals surface area (Å²) in [4.78, 5) is 32.5. The molecule has 1 N–H and O–H groups in total. The first-order valence-electron chi connectivity index (χ1n) is 10.2. The predicted molar refractivity (Wildman–Crippen MR) is 109 cm³/mol. The van der Waals surface area contributed by atoms with Gasteiger partial charge in [0.05, 0.1) is 12.1 Å². The highest BCUT2D eigenvalue weighted by Crippen LogP contribution is 2.26. The van der Waals surface area contributed by atoms with Crippen LogP contribution >= 0.6 is 0 Å². The SMILES string of the molecule is Cc1cccn2cc(CC(=O)N3Cc4ccccc4C[C@H]3C(=O)NC3CC3)nc12. The third kappa shape index (κ3) is 3.50. The lowest BCUT2D eigenvalue weighted by atomic mass is 9.93. The molecule has 1 fully saturated rings. The summed E-state index contributed by atoms with van der Waals surface area (Å²) in [5, 5.41) is 3.08. The number of aryl methyl sites for hydroxylation is 1. The van der Waals surface area contributed by atoms with Gasteiger partial charge in [-0.1, -0.05) is 30.3 Å². The van der Waals surface area contributed by atoms with E-state index in [0.29, 0.717) is 13.0 Å². The zero-order valence-corrected chi connectivity index (χ0v) is 16.5. The highest BCUT2D eigenvalue weighted by molar-refractivity contribution is 5.89. The Morgan fingerprint density at radius 2 is 1.93 bits per heavy atom. The number of fused-ring (bicyclic) bond motifs is 2. The van der Waals surface area contributed by atoms with Crippen molar-refractivity contribution in [1.82, 2.24) is 19.6 Å². The standard InChI is InChI=1S/C23H24N4O2/c1-15-5-4-10-26-14-19(24-22(15)26)12-21(28)27-13-17-7-3-2-6-16(17)11-20(27)23(29)25-18-8-9-18/h2-7,10,14,18,20H,8-9,11-13H2,1H3,(H,25,29)/t20-/m0/s1. The van der Waals surface area contributed by atoms with Gasteiger partial charge in [-0.25, -0.2) is 4.98 Å². The molecule has 3 aromatic rings. The number of pyridine rings is 1. The Morgan fingerprint density at radius 1 is 1.14 bits per heavy atom. The largest absolute Gasteiger partial charge is 0.352 e. The molecule has 1 saturated carbocycles. The van der Waals surface area contributed by atoms with E-state index in [-0.39, 0.29) is 24.3 Å². The summed E-state index contributed by atoms with van der Waals surface area (Å²) in [7, 11) is 0. The molecule has 0 bridgehead atoms. The lowest BCUT2D eigenvalue weighted by Gasteiger charge is -2.36. The van der Waals surface area contributed by atoms with Crippen LogP contribution in [0.1, 0.15) is 35.2 Å². The number of nitrogens with one attached hydrogen (secondary N) is 1. The first-order valence-corrected chi connectivity index (χ1v) is 10.2. The maximum absolute atomic E-state index is 13.3. The van der Waals surface area contributed by atoms with Crippen LogP contribution in [0.2, 0.25) is 0 Å². The maximum Gasteiger partial charge on any atom is 0.243 e. The fourth-order valence-corrected chi connectivity index (χ4v) is 4.09. The summed E-state index contributed by atoms with van der Waals surface area (Å²) in [6.07, 6.45) is 6.65. The average Bonchev–Trinajstić information content (AvgIpc) is 3.43. The zero-order chi connectivity index (χ0) is 20.0. The molecule has 6 nitrogen and oxygen atoms in total. The van der Waals surface area contributed by atoms with E-state index in [1.807, 2.05) is 54.0 Å². The van der Waals surface area contributed by atoms with Crippen molar-refractivity contribution in [2.75, 3.05) is 0 Å². The van der Waals surface area contributed by atoms with Gasteiger partial charge in [-0.15, -0.1) is 0 Å². The van der Waals surface area contributed by atoms with E-state index < -0.39 is 6.04 Å². The Morgan fingerprint density at radius 3 is 2.69 bits per heavy atom. The number of imidazole rings is 1. The van der Waals surface area contributed by atoms with Crippen LogP contribution in [-0.2, 0) is 29.0 Å². The number of carbonyl (C=O) groups is 2. The molecule has 2 aromatic heterocycles. The third-order valence-corrected chi connectivity index (χ3v) is 5.86. The fraction of sp³-hybridized carbons (Fsp3) is 0.348. The Kier molecular flexibility index (Phi) is 4.34. The van der Waals surface area contributed by atoms with Crippen LogP contribution < -0.4 is 5.32 Å². The van der Waals surface area contributed by atoms with Crippen LogP contribution in [0.4, 0.5) is 0 Å². The van der Waals surface area contributed by atoms with Gasteiger partial charge in [0.2, 0.25) is 11.8 Å². The minimum atomic E-state index is -0.461. The number of hydrogen-bond acceptors (Lipinski definition) is 3. The van der Waals surface area contributed by atoms with Gasteiger partial charge in [-0.2, -0.15) is 0 Å². The van der Waals surface area contributed by atoms with Gasteiger partial charge < -0.3 is 14.6 Å². The van der Waals surface area contributed by atoms with E-state index in [9.17, 15) is 9.59 Å². The molecule has 0 unspecified atom stereocenters. The molecule has 1 aromatic carbocycles. The molecule has 5 rings (SSSR count). The van der Waals surface area contributed by atoms with Gasteiger partial charge in [-0.05, 0) is 42.5 Å². The van der Waals surface area contributed by atoms with Crippen LogP contribution in [0.15, 0.2) is 48.8 Å². The van der Waals surface area contributed by atoms with Crippen LogP contribution in [0.25, 0.3) is 5.65 Å². The van der Waals surface area contributed by atoms with Crippen molar-refractivity contribution in [3.05, 3.63) is 71.2 Å². The first kappa shape index (κ1) is 17.9. The van der Waals surface area contributed by atoms with Crippen molar-refractivity contribution < 1.29 is 9.59 Å². The second-order valence-electron chi connectivity index (χ2n) is 8.12. The number of hydrogen-bond donors (Lipinski definition) is 1. The van der Waals surface area contributed by atoms with Gasteiger partial charge in [0.25, 0.3) is 0 Å². The number of aromatic nitrogens is 2. The van der Waals surface area contributed by atoms with Gasteiger partial charge >= 0.3 is 0 Å². The Balaban J connectivity index is 1.41. The second kappa shape index (κ2) is 7.03. The fourth-order valence-electron chi connectivity index (χ4n) is 4.09. The van der Waals surface area contributed by atoms with Gasteiger partial charge in [0.1, 0.15) is 11.7 Å². The summed E-state index contributed by atoms with van der Waals surface area (Å²) < 4.78 is 1.95. The number of carbonyl (C=O) groups excluding carboxylic acids is 2. The van der Waals surface area contributed by atoms with E-state index in [1.165, 1.54) is 0 Å². The molecule has 0 spiro atoms. The number of amides is 2. The van der Waals surface area contributed by atoms with Crippen molar-refractivity contribution in [1.29, 1.82) is 0 Å². The molecular formula is C23H24N4O2. The predicted octanol–water partition coefficient (Wildman–Crippen LogP) is 2.42. The molecule has 6 heteroatoms. The normalized spacial score (nSPS) is 18.5. The van der Waals surface area contributed by atoms with Crippen molar-refractivity contribution in [3.63, 3.8) is 0 Å². The minimum Gasteiger partial charge on any atom is -0.352 e. The van der Waals surface area contributed by atoms with E-state index >= 15 is 0 Å². The van der Waals surface area contributed by atoms with Gasteiger partial charge in [0, 0.05) is 31.4 Å². The van der Waals surface area contributed by atoms with Gasteiger partial charge in [-0.3, -0.25) is 9.59 Å². The van der Waals surface area contributed by atoms with Crippen LogP contribution in [0.5, 0.6) is 0 Å². The van der Waals surface area contributed by atoms with Crippen molar-refractivity contribution in [2.24, 2.45) is 0 Å². The quantitative estimate of drug-likeness (QED) is 0.746. The van der Waals surface area contributed by atoms with Crippen LogP contribution in [0, 0.1) is 6.92 Å². The topological polar surface area (TPSA) is 66.7 Å². The van der Waals surface area contributed by atoms with Crippen molar-refractivity contribution in [3.8, 4) is 0 Å². The van der Waals surface area contributed by atoms with E-state index in [0.717, 1.165) is 40.9 Å². The highest BCUT2D eigenvalue weighted by Gasteiger charge is 2.36. The molecule has 1 atom stereocenters. The summed E-state index contributed by atoms with van der Waals surface area (Å²) in [6.45, 7) is 2.47. The second-order valence-corrected chi connectivity index (χ2v) is 8.12. The van der Waals surface area contributed by atoms with Crippen molar-refractivity contribution >= 4 is 17.5 Å². The third-order valence-electron chi connectivity index (χ3n) is 5.86. The molecule has 2 aliphatic rings. The molecule has 1 aliphatic heterocycles. The van der Waals surface area contributed by atoms with Crippen LogP contribution in [0.3, 0.4) is 0 Å². The Bertz CT molecular complexity index is 1100. The number of nitrogens with zero attached hydrogens (tertiary/aromatic N) is 3. The number of benzene rings is 1. The minimum absolute atomic E-state index is 0.0406. The Labute approximate surface area is 169 Å². The summed E-state index contributed by atoms with van der Waals surface area (Å²) in [5.74, 6) is -0.0993. The molecule has 3 heterocycles. The summed E-state index contributed by atoms with van der Waals surface area (Å²) >= 11 is 0. The maximum atomic E-state index is 13.3. The average molecular weight is 388 g/mol. The van der Waals surface area contributed by atoms with Crippen LogP contribution in [-0.4, -0.2) is 38.2 Å². The van der Waals surface area contributed by atoms with E-state index in [4.69, 9.17) is 0 Å².